The lowest BCUT2D eigenvalue weighted by Crippen LogP contribution is -2.01. The number of nitrogens with zero attached hydrogens (tertiary/aromatic N) is 2. The van der Waals surface area contributed by atoms with Crippen LogP contribution in [-0.4, -0.2) is 15.3 Å². The molecule has 0 amide bonds. The Kier molecular flexibility index (Phi) is 2.63. The third-order valence-corrected chi connectivity index (χ3v) is 1.57. The average Bonchev–Trinajstić information content (AvgIpc) is 2.34. The van der Waals surface area contributed by atoms with E-state index >= 15 is 0 Å². The zero-order valence-electron chi connectivity index (χ0n) is 7.74. The number of hydrogen-bond acceptors (Lipinski definition) is 2. The molecule has 1 heterocycles. The summed E-state index contributed by atoms with van der Waals surface area (Å²) in [5, 5.41) is 0. The molecule has 0 aromatic carbocycles. The summed E-state index contributed by atoms with van der Waals surface area (Å²) in [5.74, 6) is 0.608. The van der Waals surface area contributed by atoms with Crippen LogP contribution >= 0.6 is 0 Å². The van der Waals surface area contributed by atoms with Crippen molar-refractivity contribution in [3.05, 3.63) is 18.2 Å². The van der Waals surface area contributed by atoms with Crippen molar-refractivity contribution in [2.75, 3.05) is 0 Å². The highest BCUT2D eigenvalue weighted by atomic mass is 16.1. The van der Waals surface area contributed by atoms with Crippen LogP contribution < -0.4 is 0 Å². The van der Waals surface area contributed by atoms with Gasteiger partial charge in [-0.3, -0.25) is 4.79 Å². The lowest BCUT2D eigenvalue weighted by Gasteiger charge is -2.03. The van der Waals surface area contributed by atoms with Gasteiger partial charge in [-0.2, -0.15) is 0 Å². The van der Waals surface area contributed by atoms with Crippen LogP contribution in [-0.2, 0) is 6.54 Å². The smallest absolute Gasteiger partial charge is 0.179 e. The minimum atomic E-state index is 0.0255. The number of hydrogen-bond donors (Lipinski definition) is 0. The molecule has 0 fully saturated rings. The SMILES string of the molecule is CC(=O)c1cn(CC(C)C)cn1. The number of Topliss-reactive ketones (excluding diaryl/α,β-unsaturated/α-hetero) is 1. The molecule has 0 radical (unpaired) electrons. The van der Waals surface area contributed by atoms with Crippen molar-refractivity contribution in [1.29, 1.82) is 0 Å². The van der Waals surface area contributed by atoms with Crippen LogP contribution in [0.15, 0.2) is 12.5 Å². The van der Waals surface area contributed by atoms with Gasteiger partial charge in [0, 0.05) is 19.7 Å². The van der Waals surface area contributed by atoms with E-state index < -0.39 is 0 Å². The van der Waals surface area contributed by atoms with E-state index in [-0.39, 0.29) is 5.78 Å². The van der Waals surface area contributed by atoms with Crippen LogP contribution in [0.1, 0.15) is 31.3 Å². The van der Waals surface area contributed by atoms with Gasteiger partial charge in [-0.1, -0.05) is 13.8 Å². The maximum absolute atomic E-state index is 10.9. The zero-order chi connectivity index (χ0) is 9.14. The van der Waals surface area contributed by atoms with Gasteiger partial charge in [0.25, 0.3) is 0 Å². The first kappa shape index (κ1) is 8.97. The summed E-state index contributed by atoms with van der Waals surface area (Å²) in [6, 6.07) is 0. The minimum Gasteiger partial charge on any atom is -0.336 e. The summed E-state index contributed by atoms with van der Waals surface area (Å²) in [4.78, 5) is 14.9. The molecule has 0 aliphatic rings. The van der Waals surface area contributed by atoms with Gasteiger partial charge in [-0.25, -0.2) is 4.98 Å². The van der Waals surface area contributed by atoms with E-state index in [1.165, 1.54) is 6.92 Å². The molecule has 0 bridgehead atoms. The Labute approximate surface area is 72.4 Å². The normalized spacial score (nSPS) is 10.7. The molecule has 3 heteroatoms. The van der Waals surface area contributed by atoms with E-state index in [1.54, 1.807) is 12.5 Å². The number of imidazole rings is 1. The number of aromatic nitrogens is 2. The average molecular weight is 166 g/mol. The quantitative estimate of drug-likeness (QED) is 0.641. The lowest BCUT2D eigenvalue weighted by molar-refractivity contribution is 0.101. The van der Waals surface area contributed by atoms with Crippen LogP contribution in [0.4, 0.5) is 0 Å². The molecular weight excluding hydrogens is 152 g/mol. The molecule has 3 nitrogen and oxygen atoms in total. The van der Waals surface area contributed by atoms with Crippen molar-refractivity contribution in [3.8, 4) is 0 Å². The highest BCUT2D eigenvalue weighted by molar-refractivity contribution is 5.91. The van der Waals surface area contributed by atoms with Gasteiger partial charge in [-0.05, 0) is 5.92 Å². The van der Waals surface area contributed by atoms with Gasteiger partial charge < -0.3 is 4.57 Å². The second-order valence-electron chi connectivity index (χ2n) is 3.41. The Morgan fingerprint density at radius 2 is 2.33 bits per heavy atom. The molecule has 0 atom stereocenters. The maximum Gasteiger partial charge on any atom is 0.179 e. The highest BCUT2D eigenvalue weighted by Crippen LogP contribution is 2.01. The second-order valence-corrected chi connectivity index (χ2v) is 3.41. The fraction of sp³-hybridized carbons (Fsp3) is 0.556. The van der Waals surface area contributed by atoms with E-state index in [0.717, 1.165) is 6.54 Å². The molecule has 66 valence electrons. The molecule has 0 aliphatic heterocycles. The molecule has 0 saturated heterocycles. The number of ketones is 1. The third kappa shape index (κ3) is 2.19. The predicted molar refractivity (Wildman–Crippen MR) is 47.1 cm³/mol. The van der Waals surface area contributed by atoms with E-state index in [4.69, 9.17) is 0 Å². The Morgan fingerprint density at radius 3 is 2.75 bits per heavy atom. The fourth-order valence-electron chi connectivity index (χ4n) is 1.06. The van der Waals surface area contributed by atoms with Crippen LogP contribution in [0.5, 0.6) is 0 Å². The molecule has 0 unspecified atom stereocenters. The number of rotatable bonds is 3. The van der Waals surface area contributed by atoms with Crippen molar-refractivity contribution in [1.82, 2.24) is 9.55 Å². The molecule has 0 saturated carbocycles. The minimum absolute atomic E-state index is 0.0255. The second kappa shape index (κ2) is 3.52. The monoisotopic (exact) mass is 166 g/mol. The van der Waals surface area contributed by atoms with Crippen molar-refractivity contribution in [3.63, 3.8) is 0 Å². The predicted octanol–water partition coefficient (Wildman–Crippen LogP) is 1.74. The molecular formula is C9H14N2O. The van der Waals surface area contributed by atoms with Gasteiger partial charge in [0.2, 0.25) is 0 Å². The van der Waals surface area contributed by atoms with Crippen LogP contribution in [0, 0.1) is 5.92 Å². The molecule has 1 rings (SSSR count). The Hall–Kier alpha value is -1.12. The van der Waals surface area contributed by atoms with Crippen molar-refractivity contribution in [2.45, 2.75) is 27.3 Å². The summed E-state index contributed by atoms with van der Waals surface area (Å²) in [5.41, 5.74) is 0.552. The molecule has 0 N–H and O–H groups in total. The molecule has 1 aromatic heterocycles. The van der Waals surface area contributed by atoms with Crippen molar-refractivity contribution < 1.29 is 4.79 Å². The number of carbonyl (C=O) groups is 1. The highest BCUT2D eigenvalue weighted by Gasteiger charge is 2.03. The topological polar surface area (TPSA) is 34.9 Å². The third-order valence-electron chi connectivity index (χ3n) is 1.57. The summed E-state index contributed by atoms with van der Waals surface area (Å²) >= 11 is 0. The fourth-order valence-corrected chi connectivity index (χ4v) is 1.06. The summed E-state index contributed by atoms with van der Waals surface area (Å²) < 4.78 is 1.95. The largest absolute Gasteiger partial charge is 0.336 e. The van der Waals surface area contributed by atoms with E-state index in [0.29, 0.717) is 11.6 Å². The van der Waals surface area contributed by atoms with Crippen molar-refractivity contribution >= 4 is 5.78 Å². The molecule has 12 heavy (non-hydrogen) atoms. The summed E-state index contributed by atoms with van der Waals surface area (Å²) in [6.07, 6.45) is 3.50. The van der Waals surface area contributed by atoms with Gasteiger partial charge in [0.15, 0.2) is 5.78 Å². The number of carbonyl (C=O) groups excluding carboxylic acids is 1. The van der Waals surface area contributed by atoms with Crippen molar-refractivity contribution in [2.24, 2.45) is 5.92 Å². The Morgan fingerprint density at radius 1 is 1.67 bits per heavy atom. The zero-order valence-corrected chi connectivity index (χ0v) is 7.74. The van der Waals surface area contributed by atoms with Crippen LogP contribution in [0.25, 0.3) is 0 Å². The molecule has 0 spiro atoms. The first-order valence-electron chi connectivity index (χ1n) is 4.12. The van der Waals surface area contributed by atoms with Gasteiger partial charge >= 0.3 is 0 Å². The van der Waals surface area contributed by atoms with E-state index in [9.17, 15) is 4.79 Å². The van der Waals surface area contributed by atoms with Crippen LogP contribution in [0.2, 0.25) is 0 Å². The van der Waals surface area contributed by atoms with E-state index in [1.807, 2.05) is 4.57 Å². The molecule has 1 aromatic rings. The summed E-state index contributed by atoms with van der Waals surface area (Å²) in [7, 11) is 0. The van der Waals surface area contributed by atoms with Gasteiger partial charge in [0.1, 0.15) is 5.69 Å². The van der Waals surface area contributed by atoms with Crippen LogP contribution in [0.3, 0.4) is 0 Å². The van der Waals surface area contributed by atoms with Gasteiger partial charge in [0.05, 0.1) is 6.33 Å². The molecule has 0 aliphatic carbocycles. The standard InChI is InChI=1S/C9H14N2O/c1-7(2)4-11-5-9(8(3)12)10-6-11/h5-7H,4H2,1-3H3. The van der Waals surface area contributed by atoms with E-state index in [2.05, 4.69) is 18.8 Å². The summed E-state index contributed by atoms with van der Waals surface area (Å²) in [6.45, 7) is 6.71. The Bertz CT molecular complexity index is 276. The first-order valence-corrected chi connectivity index (χ1v) is 4.12. The maximum atomic E-state index is 10.9. The first-order chi connectivity index (χ1) is 5.59. The van der Waals surface area contributed by atoms with Gasteiger partial charge in [-0.15, -0.1) is 0 Å². The Balaban J connectivity index is 2.71. The lowest BCUT2D eigenvalue weighted by atomic mass is 10.2.